The molecule has 0 saturated heterocycles. The molecule has 0 amide bonds. The number of nitrogens with zero attached hydrogens (tertiary/aromatic N) is 1. The van der Waals surface area contributed by atoms with Crippen LogP contribution in [0.15, 0.2) is 0 Å². The second-order valence-corrected chi connectivity index (χ2v) is 6.81. The molecule has 0 aliphatic heterocycles. The van der Waals surface area contributed by atoms with Crippen molar-refractivity contribution >= 4 is 26.0 Å². The van der Waals surface area contributed by atoms with Crippen LogP contribution in [0.5, 0.6) is 0 Å². The molecule has 0 aromatic heterocycles. The van der Waals surface area contributed by atoms with Gasteiger partial charge in [0, 0.05) is 18.4 Å². The molecule has 0 bridgehead atoms. The van der Waals surface area contributed by atoms with E-state index in [9.17, 15) is 8.42 Å². The minimum absolute atomic E-state index is 0.0205. The van der Waals surface area contributed by atoms with Gasteiger partial charge in [-0.1, -0.05) is 29.8 Å². The molecule has 3 nitrogen and oxygen atoms in total. The molecule has 0 aliphatic rings. The van der Waals surface area contributed by atoms with Crippen LogP contribution >= 0.6 is 15.9 Å². The van der Waals surface area contributed by atoms with Crippen LogP contribution in [0, 0.1) is 5.92 Å². The summed E-state index contributed by atoms with van der Waals surface area (Å²) < 4.78 is 24.9. The van der Waals surface area contributed by atoms with Crippen LogP contribution in [0.2, 0.25) is 0 Å². The number of rotatable bonds is 6. The Balaban J connectivity index is 4.32. The zero-order chi connectivity index (χ0) is 11.4. The average Bonchev–Trinajstić information content (AvgIpc) is 2.12. The number of hydrogen-bond acceptors (Lipinski definition) is 2. The Labute approximate surface area is 96.0 Å². The molecule has 0 N–H and O–H groups in total. The third-order valence-electron chi connectivity index (χ3n) is 2.24. The third-order valence-corrected chi connectivity index (χ3v) is 5.16. The van der Waals surface area contributed by atoms with Crippen LogP contribution in [0.4, 0.5) is 0 Å². The molecule has 0 saturated carbocycles. The molecule has 0 aromatic rings. The molecule has 0 aliphatic carbocycles. The van der Waals surface area contributed by atoms with E-state index in [0.717, 1.165) is 6.42 Å². The number of halogens is 1. The predicted molar refractivity (Wildman–Crippen MR) is 64.3 cm³/mol. The Morgan fingerprint density at radius 2 is 1.79 bits per heavy atom. The lowest BCUT2D eigenvalue weighted by atomic mass is 10.2. The van der Waals surface area contributed by atoms with Crippen molar-refractivity contribution in [3.63, 3.8) is 0 Å². The molecule has 0 radical (unpaired) electrons. The van der Waals surface area contributed by atoms with Gasteiger partial charge >= 0.3 is 0 Å². The van der Waals surface area contributed by atoms with E-state index in [4.69, 9.17) is 0 Å². The molecule has 14 heavy (non-hydrogen) atoms. The Morgan fingerprint density at radius 3 is 2.14 bits per heavy atom. The van der Waals surface area contributed by atoms with Crippen molar-refractivity contribution in [1.82, 2.24) is 4.31 Å². The third kappa shape index (κ3) is 4.75. The normalized spacial score (nSPS) is 15.1. The maximum absolute atomic E-state index is 11.7. The first-order chi connectivity index (χ1) is 6.31. The van der Waals surface area contributed by atoms with Crippen molar-refractivity contribution in [1.29, 1.82) is 0 Å². The van der Waals surface area contributed by atoms with Gasteiger partial charge < -0.3 is 0 Å². The second kappa shape index (κ2) is 6.08. The highest BCUT2D eigenvalue weighted by atomic mass is 79.9. The Bertz CT molecular complexity index is 252. The van der Waals surface area contributed by atoms with Crippen molar-refractivity contribution in [3.05, 3.63) is 0 Å². The Morgan fingerprint density at radius 1 is 1.29 bits per heavy atom. The number of sulfonamides is 1. The van der Waals surface area contributed by atoms with E-state index in [2.05, 4.69) is 15.9 Å². The van der Waals surface area contributed by atoms with Gasteiger partial charge in [-0.2, -0.15) is 0 Å². The second-order valence-electron chi connectivity index (χ2n) is 4.02. The van der Waals surface area contributed by atoms with Crippen LogP contribution < -0.4 is 0 Å². The van der Waals surface area contributed by atoms with E-state index in [1.807, 2.05) is 20.8 Å². The summed E-state index contributed by atoms with van der Waals surface area (Å²) in [6, 6.07) is 0.0205. The van der Waals surface area contributed by atoms with Gasteiger partial charge in [0.1, 0.15) is 0 Å². The summed E-state index contributed by atoms with van der Waals surface area (Å²) >= 11 is 3.28. The molecule has 1 atom stereocenters. The van der Waals surface area contributed by atoms with Gasteiger partial charge in [-0.3, -0.25) is 0 Å². The monoisotopic (exact) mass is 285 g/mol. The fourth-order valence-corrected chi connectivity index (χ4v) is 3.21. The summed E-state index contributed by atoms with van der Waals surface area (Å²) in [6.07, 6.45) is 0.724. The fourth-order valence-electron chi connectivity index (χ4n) is 0.900. The Hall–Kier alpha value is 0.390. The summed E-state index contributed by atoms with van der Waals surface area (Å²) in [6.45, 7) is 5.95. The van der Waals surface area contributed by atoms with Crippen molar-refractivity contribution < 1.29 is 8.42 Å². The van der Waals surface area contributed by atoms with E-state index in [1.165, 1.54) is 4.31 Å². The summed E-state index contributed by atoms with van der Waals surface area (Å²) in [5.74, 6) is 0.677. The SMILES string of the molecule is CC(C)CCS(=O)(=O)N(C)C(C)CBr. The summed E-state index contributed by atoms with van der Waals surface area (Å²) in [5.41, 5.74) is 0. The lowest BCUT2D eigenvalue weighted by Gasteiger charge is -2.22. The standard InChI is InChI=1S/C9H20BrNO2S/c1-8(2)5-6-14(12,13)11(4)9(3)7-10/h8-9H,5-7H2,1-4H3. The molecule has 0 fully saturated rings. The summed E-state index contributed by atoms with van der Waals surface area (Å²) in [5, 5.41) is 0.671. The van der Waals surface area contributed by atoms with E-state index >= 15 is 0 Å². The first-order valence-electron chi connectivity index (χ1n) is 4.83. The summed E-state index contributed by atoms with van der Waals surface area (Å²) in [7, 11) is -1.42. The maximum atomic E-state index is 11.7. The van der Waals surface area contributed by atoms with Gasteiger partial charge in [0.2, 0.25) is 10.0 Å². The molecule has 0 aromatic carbocycles. The van der Waals surface area contributed by atoms with Crippen molar-refractivity contribution in [3.8, 4) is 0 Å². The van der Waals surface area contributed by atoms with Gasteiger partial charge in [0.05, 0.1) is 5.75 Å². The van der Waals surface area contributed by atoms with E-state index in [0.29, 0.717) is 11.2 Å². The molecule has 86 valence electrons. The molecule has 1 unspecified atom stereocenters. The van der Waals surface area contributed by atoms with Crippen LogP contribution in [0.25, 0.3) is 0 Å². The maximum Gasteiger partial charge on any atom is 0.214 e. The summed E-state index contributed by atoms with van der Waals surface area (Å²) in [4.78, 5) is 0. The highest BCUT2D eigenvalue weighted by Gasteiger charge is 2.22. The van der Waals surface area contributed by atoms with Gasteiger partial charge in [-0.15, -0.1) is 0 Å². The zero-order valence-corrected chi connectivity index (χ0v) is 11.7. The van der Waals surface area contributed by atoms with E-state index < -0.39 is 10.0 Å². The number of alkyl halides is 1. The van der Waals surface area contributed by atoms with Gasteiger partial charge in [0.15, 0.2) is 0 Å². The van der Waals surface area contributed by atoms with Crippen LogP contribution in [-0.4, -0.2) is 36.9 Å². The first kappa shape index (κ1) is 14.4. The average molecular weight is 286 g/mol. The van der Waals surface area contributed by atoms with E-state index in [1.54, 1.807) is 7.05 Å². The van der Waals surface area contributed by atoms with Crippen LogP contribution in [0.3, 0.4) is 0 Å². The van der Waals surface area contributed by atoms with Crippen molar-refractivity contribution in [2.45, 2.75) is 33.2 Å². The lowest BCUT2D eigenvalue weighted by molar-refractivity contribution is 0.413. The Kier molecular flexibility index (Phi) is 6.25. The topological polar surface area (TPSA) is 37.4 Å². The number of hydrogen-bond donors (Lipinski definition) is 0. The minimum Gasteiger partial charge on any atom is -0.212 e. The zero-order valence-electron chi connectivity index (χ0n) is 9.33. The first-order valence-corrected chi connectivity index (χ1v) is 7.56. The molecular weight excluding hydrogens is 266 g/mol. The van der Waals surface area contributed by atoms with Crippen molar-refractivity contribution in [2.75, 3.05) is 18.1 Å². The highest BCUT2D eigenvalue weighted by Crippen LogP contribution is 2.10. The largest absolute Gasteiger partial charge is 0.214 e. The predicted octanol–water partition coefficient (Wildman–Crippen LogP) is 2.08. The van der Waals surface area contributed by atoms with Gasteiger partial charge in [0.25, 0.3) is 0 Å². The van der Waals surface area contributed by atoms with Crippen LogP contribution in [-0.2, 0) is 10.0 Å². The van der Waals surface area contributed by atoms with Crippen molar-refractivity contribution in [2.24, 2.45) is 5.92 Å². The van der Waals surface area contributed by atoms with Gasteiger partial charge in [-0.05, 0) is 19.3 Å². The molecule has 0 spiro atoms. The fraction of sp³-hybridized carbons (Fsp3) is 1.00. The highest BCUT2D eigenvalue weighted by molar-refractivity contribution is 9.09. The molecular formula is C9H20BrNO2S. The smallest absolute Gasteiger partial charge is 0.212 e. The molecule has 5 heteroatoms. The quantitative estimate of drug-likeness (QED) is 0.701. The minimum atomic E-state index is -3.06. The van der Waals surface area contributed by atoms with E-state index in [-0.39, 0.29) is 11.8 Å². The van der Waals surface area contributed by atoms with Gasteiger partial charge in [-0.25, -0.2) is 12.7 Å². The van der Waals surface area contributed by atoms with Crippen LogP contribution in [0.1, 0.15) is 27.2 Å². The lowest BCUT2D eigenvalue weighted by Crippen LogP contribution is -2.37. The molecule has 0 rings (SSSR count). The molecule has 0 heterocycles.